The van der Waals surface area contributed by atoms with Crippen LogP contribution < -0.4 is 4.57 Å². The molecule has 0 fully saturated rings. The summed E-state index contributed by atoms with van der Waals surface area (Å²) in [6.07, 6.45) is 18.8. The second-order valence-electron chi connectivity index (χ2n) is 8.77. The number of hydrogen-bond donors (Lipinski definition) is 0. The molecule has 1 rings (SSSR count). The summed E-state index contributed by atoms with van der Waals surface area (Å²) >= 11 is 0. The van der Waals surface area contributed by atoms with Crippen LogP contribution >= 0.6 is 0 Å². The van der Waals surface area contributed by atoms with Gasteiger partial charge in [-0.15, -0.1) is 0 Å². The van der Waals surface area contributed by atoms with Crippen molar-refractivity contribution in [2.45, 2.75) is 77.8 Å². The van der Waals surface area contributed by atoms with E-state index in [2.05, 4.69) is 34.8 Å². The van der Waals surface area contributed by atoms with Gasteiger partial charge in [0.05, 0.1) is 79.2 Å². The summed E-state index contributed by atoms with van der Waals surface area (Å²) in [5.41, 5.74) is 0. The van der Waals surface area contributed by atoms with E-state index in [1.54, 1.807) is 7.11 Å². The van der Waals surface area contributed by atoms with Gasteiger partial charge in [0.25, 0.3) is 0 Å². The lowest BCUT2D eigenvalue weighted by molar-refractivity contribution is -0.696. The Morgan fingerprint density at radius 1 is 0.571 bits per heavy atom. The number of aromatic nitrogens is 2. The molecule has 0 aliphatic rings. The Morgan fingerprint density at radius 3 is 1.54 bits per heavy atom. The van der Waals surface area contributed by atoms with Crippen LogP contribution in [0.25, 0.3) is 0 Å². The van der Waals surface area contributed by atoms with Crippen LogP contribution in [0.2, 0.25) is 0 Å². The Labute approximate surface area is 214 Å². The average molecular weight is 502 g/mol. The molecule has 206 valence electrons. The highest BCUT2D eigenvalue weighted by Crippen LogP contribution is 2.09. The van der Waals surface area contributed by atoms with Gasteiger partial charge in [-0.1, -0.05) is 51.9 Å². The van der Waals surface area contributed by atoms with E-state index in [0.29, 0.717) is 72.7 Å². The fraction of sp³-hybridized carbons (Fsp3) is 0.889. The van der Waals surface area contributed by atoms with Crippen LogP contribution in [0.4, 0.5) is 0 Å². The number of rotatable bonds is 28. The maximum Gasteiger partial charge on any atom is 0.243 e. The van der Waals surface area contributed by atoms with Crippen molar-refractivity contribution in [2.75, 3.05) is 79.8 Å². The highest BCUT2D eigenvalue weighted by molar-refractivity contribution is 4.66. The third-order valence-electron chi connectivity index (χ3n) is 5.68. The van der Waals surface area contributed by atoms with Gasteiger partial charge in [-0.2, -0.15) is 0 Å². The van der Waals surface area contributed by atoms with E-state index in [1.807, 2.05) is 0 Å². The van der Waals surface area contributed by atoms with Gasteiger partial charge < -0.3 is 28.4 Å². The normalized spacial score (nSPS) is 11.5. The van der Waals surface area contributed by atoms with E-state index in [9.17, 15) is 0 Å². The standard InChI is InChI=1S/C27H53N2O6/c1-3-4-5-6-7-8-9-10-11-12-28-13-14-29(27-28)15-16-31-19-20-33-23-24-35-26-25-34-22-21-32-18-17-30-2/h13-14,27H,3-12,15-26H2,1-2H3/q+1. The Hall–Kier alpha value is -1.03. The van der Waals surface area contributed by atoms with Crippen molar-refractivity contribution in [3.8, 4) is 0 Å². The molecule has 0 aliphatic carbocycles. The van der Waals surface area contributed by atoms with Crippen LogP contribution in [0.3, 0.4) is 0 Å². The number of aryl methyl sites for hydroxylation is 1. The van der Waals surface area contributed by atoms with Crippen LogP contribution in [0.5, 0.6) is 0 Å². The number of ether oxygens (including phenoxy) is 6. The van der Waals surface area contributed by atoms with Gasteiger partial charge >= 0.3 is 0 Å². The van der Waals surface area contributed by atoms with E-state index < -0.39 is 0 Å². The maximum atomic E-state index is 5.68. The number of unbranched alkanes of at least 4 members (excludes halogenated alkanes) is 8. The smallest absolute Gasteiger partial charge is 0.243 e. The zero-order valence-electron chi connectivity index (χ0n) is 22.6. The van der Waals surface area contributed by atoms with Crippen LogP contribution in [0.15, 0.2) is 18.7 Å². The van der Waals surface area contributed by atoms with Crippen molar-refractivity contribution in [3.05, 3.63) is 18.7 Å². The summed E-state index contributed by atoms with van der Waals surface area (Å²) in [6.45, 7) is 10.8. The summed E-state index contributed by atoms with van der Waals surface area (Å²) in [5.74, 6) is 0. The SMILES string of the molecule is CCCCCCCCCCC[n+]1ccn(CCOCCOCCOCCOCCOCCOC)c1. The van der Waals surface area contributed by atoms with Gasteiger partial charge in [0, 0.05) is 7.11 Å². The molecular weight excluding hydrogens is 448 g/mol. The molecule has 8 nitrogen and oxygen atoms in total. The largest absolute Gasteiger partial charge is 0.382 e. The first-order chi connectivity index (χ1) is 17.4. The molecule has 0 radical (unpaired) electrons. The quantitative estimate of drug-likeness (QED) is 0.128. The van der Waals surface area contributed by atoms with Crippen LogP contribution in [0, 0.1) is 0 Å². The molecular formula is C27H53N2O6+. The molecule has 1 aromatic heterocycles. The van der Waals surface area contributed by atoms with Gasteiger partial charge in [-0.3, -0.25) is 0 Å². The first-order valence-corrected chi connectivity index (χ1v) is 13.8. The lowest BCUT2D eigenvalue weighted by Gasteiger charge is -2.07. The van der Waals surface area contributed by atoms with E-state index in [1.165, 1.54) is 57.8 Å². The molecule has 0 unspecified atom stereocenters. The Balaban J connectivity index is 1.80. The third-order valence-corrected chi connectivity index (χ3v) is 5.68. The first-order valence-electron chi connectivity index (χ1n) is 13.8. The first kappa shape index (κ1) is 32.0. The predicted octanol–water partition coefficient (Wildman–Crippen LogP) is 4.04. The highest BCUT2D eigenvalue weighted by atomic mass is 16.6. The minimum atomic E-state index is 0.563. The number of hydrogen-bond acceptors (Lipinski definition) is 6. The topological polar surface area (TPSA) is 64.2 Å². The molecule has 0 bridgehead atoms. The maximum absolute atomic E-state index is 5.68. The van der Waals surface area contributed by atoms with Crippen LogP contribution in [-0.4, -0.2) is 84.4 Å². The minimum Gasteiger partial charge on any atom is -0.382 e. The van der Waals surface area contributed by atoms with Crippen LogP contribution in [-0.2, 0) is 41.5 Å². The summed E-state index contributed by atoms with van der Waals surface area (Å²) in [5, 5.41) is 0. The number of methoxy groups -OCH3 is 1. The zero-order chi connectivity index (χ0) is 25.1. The number of imidazole rings is 1. The molecule has 0 amide bonds. The van der Waals surface area contributed by atoms with Gasteiger partial charge in [-0.25, -0.2) is 9.13 Å². The van der Waals surface area contributed by atoms with Gasteiger partial charge in [0.2, 0.25) is 6.33 Å². The summed E-state index contributed by atoms with van der Waals surface area (Å²) in [4.78, 5) is 0. The highest BCUT2D eigenvalue weighted by Gasteiger charge is 2.03. The lowest BCUT2D eigenvalue weighted by atomic mass is 10.1. The van der Waals surface area contributed by atoms with E-state index in [4.69, 9.17) is 28.4 Å². The van der Waals surface area contributed by atoms with E-state index in [-0.39, 0.29) is 0 Å². The minimum absolute atomic E-state index is 0.563. The third kappa shape index (κ3) is 21.9. The fourth-order valence-electron chi connectivity index (χ4n) is 3.60. The zero-order valence-corrected chi connectivity index (χ0v) is 22.6. The molecule has 1 aromatic rings. The molecule has 8 heteroatoms. The molecule has 0 saturated carbocycles. The summed E-state index contributed by atoms with van der Waals surface area (Å²) < 4.78 is 36.8. The summed E-state index contributed by atoms with van der Waals surface area (Å²) in [7, 11) is 1.66. The van der Waals surface area contributed by atoms with Gasteiger partial charge in [0.1, 0.15) is 18.9 Å². The second kappa shape index (κ2) is 26.0. The van der Waals surface area contributed by atoms with Crippen LogP contribution in [0.1, 0.15) is 64.7 Å². The lowest BCUT2D eigenvalue weighted by Crippen LogP contribution is -2.31. The molecule has 0 aliphatic heterocycles. The molecule has 35 heavy (non-hydrogen) atoms. The van der Waals surface area contributed by atoms with Crippen molar-refractivity contribution in [1.82, 2.24) is 4.57 Å². The van der Waals surface area contributed by atoms with Gasteiger partial charge in [0.15, 0.2) is 0 Å². The predicted molar refractivity (Wildman–Crippen MR) is 138 cm³/mol. The summed E-state index contributed by atoms with van der Waals surface area (Å²) in [6, 6.07) is 0. The van der Waals surface area contributed by atoms with Crippen molar-refractivity contribution < 1.29 is 33.0 Å². The van der Waals surface area contributed by atoms with Crippen molar-refractivity contribution in [1.29, 1.82) is 0 Å². The molecule has 0 N–H and O–H groups in total. The Kier molecular flexibility index (Phi) is 23.8. The fourth-order valence-corrected chi connectivity index (χ4v) is 3.60. The average Bonchev–Trinajstić information content (AvgIpc) is 3.32. The van der Waals surface area contributed by atoms with Gasteiger partial charge in [-0.05, 0) is 12.8 Å². The second-order valence-corrected chi connectivity index (χ2v) is 8.77. The molecule has 0 aromatic carbocycles. The molecule has 0 atom stereocenters. The molecule has 1 heterocycles. The Bertz CT molecular complexity index is 543. The van der Waals surface area contributed by atoms with E-state index >= 15 is 0 Å². The molecule has 0 spiro atoms. The van der Waals surface area contributed by atoms with Crippen molar-refractivity contribution in [2.24, 2.45) is 0 Å². The van der Waals surface area contributed by atoms with Crippen molar-refractivity contribution in [3.63, 3.8) is 0 Å². The number of nitrogens with zero attached hydrogens (tertiary/aromatic N) is 2. The monoisotopic (exact) mass is 501 g/mol. The Morgan fingerprint density at radius 2 is 1.03 bits per heavy atom. The van der Waals surface area contributed by atoms with Crippen molar-refractivity contribution >= 4 is 0 Å². The van der Waals surface area contributed by atoms with E-state index in [0.717, 1.165) is 13.1 Å². The molecule has 0 saturated heterocycles.